The van der Waals surface area contributed by atoms with Gasteiger partial charge in [-0.25, -0.2) is 0 Å². The van der Waals surface area contributed by atoms with Gasteiger partial charge in [-0.15, -0.1) is 13.2 Å². The average Bonchev–Trinajstić information content (AvgIpc) is 2.75. The Morgan fingerprint density at radius 1 is 0.935 bits per heavy atom. The molecule has 31 heavy (non-hydrogen) atoms. The van der Waals surface area contributed by atoms with Gasteiger partial charge in [0.25, 0.3) is 5.56 Å². The van der Waals surface area contributed by atoms with E-state index in [9.17, 15) is 23.1 Å². The van der Waals surface area contributed by atoms with Crippen LogP contribution in [0.15, 0.2) is 77.6 Å². The van der Waals surface area contributed by atoms with Gasteiger partial charge in [-0.3, -0.25) is 4.79 Å². The number of nitrogens with zero attached hydrogens (tertiary/aromatic N) is 1. The van der Waals surface area contributed by atoms with E-state index in [1.54, 1.807) is 37.4 Å². The van der Waals surface area contributed by atoms with E-state index in [1.165, 1.54) is 28.8 Å². The van der Waals surface area contributed by atoms with Crippen molar-refractivity contribution in [2.75, 3.05) is 0 Å². The molecule has 0 unspecified atom stereocenters. The number of ether oxygens (including phenoxy) is 1. The predicted molar refractivity (Wildman–Crippen MR) is 112 cm³/mol. The Hall–Kier alpha value is -3.74. The van der Waals surface area contributed by atoms with E-state index < -0.39 is 6.36 Å². The van der Waals surface area contributed by atoms with Crippen molar-refractivity contribution >= 4 is 10.9 Å². The molecule has 158 valence electrons. The Balaban J connectivity index is 1.67. The molecule has 4 nitrogen and oxygen atoms in total. The molecule has 1 aromatic heterocycles. The van der Waals surface area contributed by atoms with Crippen LogP contribution in [0.5, 0.6) is 11.5 Å². The molecule has 0 aliphatic carbocycles. The van der Waals surface area contributed by atoms with E-state index in [2.05, 4.69) is 4.74 Å². The third kappa shape index (κ3) is 4.26. The summed E-state index contributed by atoms with van der Waals surface area (Å²) in [5.74, 6) is -0.338. The van der Waals surface area contributed by atoms with Gasteiger partial charge in [-0.2, -0.15) is 0 Å². The second-order valence-corrected chi connectivity index (χ2v) is 7.16. The predicted octanol–water partition coefficient (Wildman–Crippen LogP) is 5.40. The van der Waals surface area contributed by atoms with Crippen LogP contribution in [0.25, 0.3) is 22.0 Å². The molecule has 0 fully saturated rings. The molecule has 0 bridgehead atoms. The summed E-state index contributed by atoms with van der Waals surface area (Å²) in [6, 6.07) is 20.0. The number of fused-ring (bicyclic) bond motifs is 1. The molecule has 0 spiro atoms. The summed E-state index contributed by atoms with van der Waals surface area (Å²) < 4.78 is 42.4. The molecule has 0 atom stereocenters. The van der Waals surface area contributed by atoms with Crippen molar-refractivity contribution in [2.45, 2.75) is 12.8 Å². The number of hydrogen-bond acceptors (Lipinski definition) is 3. The van der Waals surface area contributed by atoms with E-state index in [0.717, 1.165) is 11.1 Å². The molecular formula is C24H18F3NO3. The van der Waals surface area contributed by atoms with Crippen molar-refractivity contribution in [2.24, 2.45) is 7.05 Å². The van der Waals surface area contributed by atoms with Crippen LogP contribution in [-0.4, -0.2) is 16.0 Å². The summed E-state index contributed by atoms with van der Waals surface area (Å²) in [7, 11) is 1.66. The number of rotatable bonds is 4. The van der Waals surface area contributed by atoms with Crippen LogP contribution in [0.1, 0.15) is 11.1 Å². The highest BCUT2D eigenvalue weighted by atomic mass is 19.4. The second-order valence-electron chi connectivity index (χ2n) is 7.16. The van der Waals surface area contributed by atoms with Crippen LogP contribution < -0.4 is 10.3 Å². The molecule has 0 amide bonds. The van der Waals surface area contributed by atoms with Crippen molar-refractivity contribution in [3.05, 3.63) is 94.3 Å². The first-order valence-electron chi connectivity index (χ1n) is 9.47. The van der Waals surface area contributed by atoms with Gasteiger partial charge in [-0.05, 0) is 41.0 Å². The topological polar surface area (TPSA) is 51.5 Å². The first-order valence-corrected chi connectivity index (χ1v) is 9.47. The van der Waals surface area contributed by atoms with Gasteiger partial charge in [0.15, 0.2) is 0 Å². The quantitative estimate of drug-likeness (QED) is 0.476. The van der Waals surface area contributed by atoms with Crippen LogP contribution in [0, 0.1) is 0 Å². The number of pyridine rings is 1. The Labute approximate surface area is 175 Å². The molecule has 1 heterocycles. The van der Waals surface area contributed by atoms with Crippen LogP contribution >= 0.6 is 0 Å². The van der Waals surface area contributed by atoms with Gasteiger partial charge in [-0.1, -0.05) is 48.5 Å². The largest absolute Gasteiger partial charge is 0.573 e. The molecule has 4 rings (SSSR count). The van der Waals surface area contributed by atoms with Crippen LogP contribution in [0.4, 0.5) is 13.2 Å². The average molecular weight is 425 g/mol. The van der Waals surface area contributed by atoms with Crippen molar-refractivity contribution < 1.29 is 23.0 Å². The number of aromatic hydroxyl groups is 1. The molecule has 4 aromatic rings. The van der Waals surface area contributed by atoms with E-state index in [1.807, 2.05) is 18.2 Å². The number of alkyl halides is 3. The zero-order valence-electron chi connectivity index (χ0n) is 16.5. The molecule has 0 aliphatic rings. The Morgan fingerprint density at radius 3 is 2.35 bits per heavy atom. The fourth-order valence-electron chi connectivity index (χ4n) is 3.62. The standard InChI is InChI=1S/C24H18F3NO3/c1-28-21-8-3-2-7-19(21)22(29)20(23(28)30)14-15-5-4-6-17(13-15)16-9-11-18(12-10-16)31-24(25,26)27/h2-13,29H,14H2,1H3. The highest BCUT2D eigenvalue weighted by molar-refractivity contribution is 5.86. The van der Waals surface area contributed by atoms with Gasteiger partial charge >= 0.3 is 6.36 Å². The summed E-state index contributed by atoms with van der Waals surface area (Å²) >= 11 is 0. The van der Waals surface area contributed by atoms with Crippen molar-refractivity contribution in [3.8, 4) is 22.6 Å². The highest BCUT2D eigenvalue weighted by Crippen LogP contribution is 2.30. The molecule has 0 aliphatic heterocycles. The lowest BCUT2D eigenvalue weighted by Gasteiger charge is -2.13. The maximum atomic E-state index is 12.8. The van der Waals surface area contributed by atoms with E-state index >= 15 is 0 Å². The minimum atomic E-state index is -4.74. The van der Waals surface area contributed by atoms with Gasteiger partial charge in [0.05, 0.1) is 11.1 Å². The minimum absolute atomic E-state index is 0.0437. The summed E-state index contributed by atoms with van der Waals surface area (Å²) in [6.45, 7) is 0. The van der Waals surface area contributed by atoms with Gasteiger partial charge in [0, 0.05) is 18.9 Å². The maximum absolute atomic E-state index is 12.8. The maximum Gasteiger partial charge on any atom is 0.573 e. The third-order valence-electron chi connectivity index (χ3n) is 5.10. The molecule has 0 saturated heterocycles. The zero-order valence-corrected chi connectivity index (χ0v) is 16.5. The lowest BCUT2D eigenvalue weighted by Crippen LogP contribution is -2.21. The normalized spacial score (nSPS) is 11.6. The van der Waals surface area contributed by atoms with Crippen LogP contribution in [-0.2, 0) is 13.5 Å². The molecule has 3 aromatic carbocycles. The number of benzene rings is 3. The van der Waals surface area contributed by atoms with Crippen molar-refractivity contribution in [1.82, 2.24) is 4.57 Å². The van der Waals surface area contributed by atoms with E-state index in [-0.39, 0.29) is 29.0 Å². The molecule has 0 radical (unpaired) electrons. The first kappa shape index (κ1) is 20.5. The van der Waals surface area contributed by atoms with Crippen LogP contribution in [0.2, 0.25) is 0 Å². The first-order chi connectivity index (χ1) is 14.7. The lowest BCUT2D eigenvalue weighted by atomic mass is 9.98. The van der Waals surface area contributed by atoms with Gasteiger partial charge in [0.1, 0.15) is 11.5 Å². The van der Waals surface area contributed by atoms with E-state index in [0.29, 0.717) is 16.5 Å². The summed E-state index contributed by atoms with van der Waals surface area (Å²) in [4.78, 5) is 12.8. The fraction of sp³-hybridized carbons (Fsp3) is 0.125. The van der Waals surface area contributed by atoms with E-state index in [4.69, 9.17) is 0 Å². The number of para-hydroxylation sites is 1. The summed E-state index contributed by atoms with van der Waals surface area (Å²) in [5.41, 5.74) is 2.90. The number of hydrogen-bond donors (Lipinski definition) is 1. The molecule has 1 N–H and O–H groups in total. The fourth-order valence-corrected chi connectivity index (χ4v) is 3.62. The smallest absolute Gasteiger partial charge is 0.507 e. The van der Waals surface area contributed by atoms with Gasteiger partial charge < -0.3 is 14.4 Å². The number of halogens is 3. The number of aromatic nitrogens is 1. The molecule has 7 heteroatoms. The Bertz CT molecular complexity index is 1310. The third-order valence-corrected chi connectivity index (χ3v) is 5.10. The van der Waals surface area contributed by atoms with Crippen molar-refractivity contribution in [3.63, 3.8) is 0 Å². The number of aryl methyl sites for hydroxylation is 1. The monoisotopic (exact) mass is 425 g/mol. The summed E-state index contributed by atoms with van der Waals surface area (Å²) in [6.07, 6.45) is -4.53. The second kappa shape index (κ2) is 7.83. The molecule has 0 saturated carbocycles. The Kier molecular flexibility index (Phi) is 5.19. The zero-order chi connectivity index (χ0) is 22.2. The highest BCUT2D eigenvalue weighted by Gasteiger charge is 2.31. The van der Waals surface area contributed by atoms with Gasteiger partial charge in [0.2, 0.25) is 0 Å². The van der Waals surface area contributed by atoms with Crippen LogP contribution in [0.3, 0.4) is 0 Å². The summed E-state index contributed by atoms with van der Waals surface area (Å²) in [5, 5.41) is 11.3. The lowest BCUT2D eigenvalue weighted by molar-refractivity contribution is -0.274. The molecular weight excluding hydrogens is 407 g/mol. The van der Waals surface area contributed by atoms with Crippen molar-refractivity contribution in [1.29, 1.82) is 0 Å². The SMILES string of the molecule is Cn1c(=O)c(Cc2cccc(-c3ccc(OC(F)(F)F)cc3)c2)c(O)c2ccccc21. The Morgan fingerprint density at radius 2 is 1.65 bits per heavy atom. The minimum Gasteiger partial charge on any atom is -0.507 e.